The standard InChI is InChI=1S/C18H21FN4.2ClH/c19-13-2-1-3-14(6-13)23-11-12(7-21-23)10-22-17-4-5-18(22)16-9-20-8-15(16)17;;/h1-3,6-7,11,15-18,20H,4-5,8-10H2;2*1H/t15-,16+,17-,18+;;. The Labute approximate surface area is 159 Å². The summed E-state index contributed by atoms with van der Waals surface area (Å²) in [4.78, 5) is 2.70. The van der Waals surface area contributed by atoms with Gasteiger partial charge in [-0.05, 0) is 56.0 Å². The number of hydrogen-bond donors (Lipinski definition) is 1. The Morgan fingerprint density at radius 3 is 2.52 bits per heavy atom. The van der Waals surface area contributed by atoms with Crippen LogP contribution in [0.15, 0.2) is 36.7 Å². The molecule has 0 saturated carbocycles. The average molecular weight is 385 g/mol. The maximum atomic E-state index is 13.4. The van der Waals surface area contributed by atoms with Crippen LogP contribution in [0, 0.1) is 17.7 Å². The van der Waals surface area contributed by atoms with Crippen molar-refractivity contribution in [3.63, 3.8) is 0 Å². The molecule has 1 aromatic heterocycles. The van der Waals surface area contributed by atoms with E-state index in [-0.39, 0.29) is 30.6 Å². The molecule has 5 rings (SSSR count). The number of rotatable bonds is 3. The molecule has 0 unspecified atom stereocenters. The third-order valence-electron chi connectivity index (χ3n) is 5.98. The largest absolute Gasteiger partial charge is 0.316 e. The maximum absolute atomic E-state index is 13.4. The first-order valence-electron chi connectivity index (χ1n) is 8.55. The van der Waals surface area contributed by atoms with E-state index in [0.717, 1.165) is 36.2 Å². The topological polar surface area (TPSA) is 33.1 Å². The van der Waals surface area contributed by atoms with Crippen LogP contribution < -0.4 is 5.32 Å². The van der Waals surface area contributed by atoms with Crippen molar-refractivity contribution in [3.05, 3.63) is 48.0 Å². The van der Waals surface area contributed by atoms with Crippen molar-refractivity contribution in [2.45, 2.75) is 31.5 Å². The number of fused-ring (bicyclic) bond motifs is 5. The second-order valence-corrected chi connectivity index (χ2v) is 7.14. The highest BCUT2D eigenvalue weighted by Gasteiger charge is 2.54. The fraction of sp³-hybridized carbons (Fsp3) is 0.500. The minimum atomic E-state index is -0.225. The molecule has 3 aliphatic heterocycles. The number of nitrogens with zero attached hydrogens (tertiary/aromatic N) is 3. The molecule has 0 amide bonds. The second-order valence-electron chi connectivity index (χ2n) is 7.14. The molecule has 2 aromatic rings. The molecule has 0 aliphatic carbocycles. The quantitative estimate of drug-likeness (QED) is 0.882. The van der Waals surface area contributed by atoms with Crippen LogP contribution in [0.1, 0.15) is 18.4 Å². The van der Waals surface area contributed by atoms with Gasteiger partial charge in [-0.1, -0.05) is 6.07 Å². The van der Waals surface area contributed by atoms with Gasteiger partial charge >= 0.3 is 0 Å². The molecule has 7 heteroatoms. The third-order valence-corrected chi connectivity index (χ3v) is 5.98. The summed E-state index contributed by atoms with van der Waals surface area (Å²) >= 11 is 0. The monoisotopic (exact) mass is 384 g/mol. The summed E-state index contributed by atoms with van der Waals surface area (Å²) in [5.41, 5.74) is 2.00. The van der Waals surface area contributed by atoms with Gasteiger partial charge < -0.3 is 5.32 Å². The molecule has 0 radical (unpaired) electrons. The van der Waals surface area contributed by atoms with Crippen molar-refractivity contribution in [2.75, 3.05) is 13.1 Å². The van der Waals surface area contributed by atoms with Crippen LogP contribution in [0.2, 0.25) is 0 Å². The molecule has 4 atom stereocenters. The molecule has 4 heterocycles. The van der Waals surface area contributed by atoms with Gasteiger partial charge in [-0.25, -0.2) is 9.07 Å². The Balaban J connectivity index is 0.000000911. The molecule has 0 spiro atoms. The van der Waals surface area contributed by atoms with Gasteiger partial charge in [0.05, 0.1) is 11.9 Å². The van der Waals surface area contributed by atoms with Gasteiger partial charge in [0.1, 0.15) is 5.82 Å². The number of nitrogens with one attached hydrogen (secondary N) is 1. The third kappa shape index (κ3) is 3.08. The maximum Gasteiger partial charge on any atom is 0.125 e. The summed E-state index contributed by atoms with van der Waals surface area (Å²) in [6, 6.07) is 8.06. The van der Waals surface area contributed by atoms with Gasteiger partial charge in [-0.15, -0.1) is 24.8 Å². The van der Waals surface area contributed by atoms with Crippen LogP contribution in [-0.4, -0.2) is 39.9 Å². The predicted octanol–water partition coefficient (Wildman–Crippen LogP) is 3.04. The van der Waals surface area contributed by atoms with Crippen LogP contribution in [-0.2, 0) is 6.54 Å². The fourth-order valence-corrected chi connectivity index (χ4v) is 5.05. The zero-order valence-corrected chi connectivity index (χ0v) is 15.5. The van der Waals surface area contributed by atoms with E-state index in [1.54, 1.807) is 10.7 Å². The second kappa shape index (κ2) is 7.23. The lowest BCUT2D eigenvalue weighted by Crippen LogP contribution is -2.33. The first kappa shape index (κ1) is 18.6. The lowest BCUT2D eigenvalue weighted by molar-refractivity contribution is 0.218. The smallest absolute Gasteiger partial charge is 0.125 e. The molecule has 1 aromatic carbocycles. The van der Waals surface area contributed by atoms with Crippen LogP contribution >= 0.6 is 24.8 Å². The van der Waals surface area contributed by atoms with Gasteiger partial charge in [0.2, 0.25) is 0 Å². The van der Waals surface area contributed by atoms with Crippen LogP contribution in [0.25, 0.3) is 5.69 Å². The first-order chi connectivity index (χ1) is 11.3. The van der Waals surface area contributed by atoms with Crippen molar-refractivity contribution in [1.82, 2.24) is 20.0 Å². The van der Waals surface area contributed by atoms with E-state index in [0.29, 0.717) is 0 Å². The molecule has 4 nitrogen and oxygen atoms in total. The average Bonchev–Trinajstić information content (AvgIpc) is 3.29. The number of halogens is 3. The van der Waals surface area contributed by atoms with Crippen molar-refractivity contribution < 1.29 is 4.39 Å². The van der Waals surface area contributed by atoms with Gasteiger partial charge in [0.15, 0.2) is 0 Å². The first-order valence-corrected chi connectivity index (χ1v) is 8.55. The molecule has 1 N–H and O–H groups in total. The van der Waals surface area contributed by atoms with Crippen LogP contribution in [0.3, 0.4) is 0 Å². The Kier molecular flexibility index (Phi) is 5.40. The van der Waals surface area contributed by atoms with E-state index in [2.05, 4.69) is 15.3 Å². The zero-order valence-electron chi connectivity index (χ0n) is 13.8. The van der Waals surface area contributed by atoms with E-state index < -0.39 is 0 Å². The van der Waals surface area contributed by atoms with Crippen molar-refractivity contribution in [2.24, 2.45) is 11.8 Å². The summed E-state index contributed by atoms with van der Waals surface area (Å²) in [6.45, 7) is 3.34. The highest BCUT2D eigenvalue weighted by Crippen LogP contribution is 2.47. The number of hydrogen-bond acceptors (Lipinski definition) is 3. The summed E-state index contributed by atoms with van der Waals surface area (Å²) in [7, 11) is 0. The summed E-state index contributed by atoms with van der Waals surface area (Å²) < 4.78 is 15.2. The molecule has 3 fully saturated rings. The van der Waals surface area contributed by atoms with Gasteiger partial charge in [0.25, 0.3) is 0 Å². The number of aromatic nitrogens is 2. The molecule has 25 heavy (non-hydrogen) atoms. The Morgan fingerprint density at radius 1 is 1.12 bits per heavy atom. The highest BCUT2D eigenvalue weighted by atomic mass is 35.5. The Bertz CT molecular complexity index is 719. The minimum absolute atomic E-state index is 0. The molecular weight excluding hydrogens is 362 g/mol. The minimum Gasteiger partial charge on any atom is -0.316 e. The van der Waals surface area contributed by atoms with Crippen LogP contribution in [0.5, 0.6) is 0 Å². The lowest BCUT2D eigenvalue weighted by atomic mass is 9.82. The summed E-state index contributed by atoms with van der Waals surface area (Å²) in [5, 5.41) is 7.99. The number of benzene rings is 1. The van der Waals surface area contributed by atoms with Gasteiger partial charge in [-0.3, -0.25) is 4.90 Å². The van der Waals surface area contributed by atoms with Gasteiger partial charge in [0, 0.05) is 30.4 Å². The van der Waals surface area contributed by atoms with Crippen molar-refractivity contribution in [3.8, 4) is 5.69 Å². The predicted molar refractivity (Wildman–Crippen MR) is 100 cm³/mol. The van der Waals surface area contributed by atoms with E-state index in [9.17, 15) is 4.39 Å². The SMILES string of the molecule is Cl.Cl.Fc1cccc(-n2cc(CN3[C@@H]4CC[C@H]3[C@H]3CNC[C@H]34)cn2)c1. The molecule has 2 bridgehead atoms. The lowest BCUT2D eigenvalue weighted by Gasteiger charge is -2.23. The van der Waals surface area contributed by atoms with Crippen molar-refractivity contribution in [1.29, 1.82) is 0 Å². The Morgan fingerprint density at radius 2 is 1.84 bits per heavy atom. The van der Waals surface area contributed by atoms with E-state index in [1.165, 1.54) is 43.6 Å². The van der Waals surface area contributed by atoms with E-state index >= 15 is 0 Å². The fourth-order valence-electron chi connectivity index (χ4n) is 5.05. The molecule has 136 valence electrons. The Hall–Kier alpha value is -1.14. The van der Waals surface area contributed by atoms with Crippen LogP contribution in [0.4, 0.5) is 4.39 Å². The molecule has 3 aliphatic rings. The van der Waals surface area contributed by atoms with E-state index in [1.807, 2.05) is 18.5 Å². The normalized spacial score (nSPS) is 30.0. The van der Waals surface area contributed by atoms with Crippen molar-refractivity contribution >= 4 is 24.8 Å². The zero-order chi connectivity index (χ0) is 15.4. The molecule has 3 saturated heterocycles. The summed E-state index contributed by atoms with van der Waals surface area (Å²) in [5.74, 6) is 1.46. The molecular formula is C18H23Cl2FN4. The summed E-state index contributed by atoms with van der Waals surface area (Å²) in [6.07, 6.45) is 6.65. The van der Waals surface area contributed by atoms with E-state index in [4.69, 9.17) is 0 Å². The highest BCUT2D eigenvalue weighted by molar-refractivity contribution is 5.85. The van der Waals surface area contributed by atoms with Gasteiger partial charge in [-0.2, -0.15) is 5.10 Å².